The molecule has 1 N–H and O–H groups in total. The summed E-state index contributed by atoms with van der Waals surface area (Å²) in [4.78, 5) is 29.3. The second kappa shape index (κ2) is 10.2. The summed E-state index contributed by atoms with van der Waals surface area (Å²) in [6, 6.07) is 10.7. The van der Waals surface area contributed by atoms with Gasteiger partial charge in [-0.15, -0.1) is 0 Å². The van der Waals surface area contributed by atoms with Gasteiger partial charge in [-0.2, -0.15) is 0 Å². The topological polar surface area (TPSA) is 70.1 Å². The van der Waals surface area contributed by atoms with Crippen molar-refractivity contribution in [1.82, 2.24) is 9.80 Å². The van der Waals surface area contributed by atoms with E-state index in [0.29, 0.717) is 46.6 Å². The molecule has 3 rings (SSSR count). The van der Waals surface area contributed by atoms with E-state index in [1.807, 2.05) is 19.0 Å². The summed E-state index contributed by atoms with van der Waals surface area (Å²) in [6.07, 6.45) is 1.63. The maximum Gasteiger partial charge on any atom is 0.295 e. The molecule has 1 fully saturated rings. The monoisotopic (exact) mass is 474 g/mol. The normalized spacial score (nSPS) is 17.8. The fraction of sp³-hybridized carbons (Fsp3) is 0.250. The van der Waals surface area contributed by atoms with Crippen molar-refractivity contribution in [3.63, 3.8) is 0 Å². The number of likely N-dealkylation sites (tertiary alicyclic amines) is 1. The van der Waals surface area contributed by atoms with Crippen LogP contribution in [0.1, 0.15) is 17.2 Å². The highest BCUT2D eigenvalue weighted by molar-refractivity contribution is 6.46. The molecular formula is C24H24Cl2N2O4. The quantitative estimate of drug-likeness (QED) is 0.263. The van der Waals surface area contributed by atoms with Crippen molar-refractivity contribution < 1.29 is 19.4 Å². The fourth-order valence-electron chi connectivity index (χ4n) is 3.47. The molecule has 32 heavy (non-hydrogen) atoms. The van der Waals surface area contributed by atoms with E-state index in [1.165, 1.54) is 4.90 Å². The van der Waals surface area contributed by atoms with Gasteiger partial charge < -0.3 is 19.6 Å². The number of amides is 1. The number of halogens is 2. The molecule has 0 radical (unpaired) electrons. The smallest absolute Gasteiger partial charge is 0.295 e. The molecule has 0 bridgehead atoms. The molecule has 0 aliphatic carbocycles. The van der Waals surface area contributed by atoms with Crippen molar-refractivity contribution in [2.24, 2.45) is 0 Å². The zero-order valence-corrected chi connectivity index (χ0v) is 19.4. The molecule has 2 aromatic carbocycles. The van der Waals surface area contributed by atoms with E-state index >= 15 is 0 Å². The lowest BCUT2D eigenvalue weighted by Crippen LogP contribution is -2.35. The lowest BCUT2D eigenvalue weighted by atomic mass is 9.95. The van der Waals surface area contributed by atoms with E-state index in [1.54, 1.807) is 48.5 Å². The van der Waals surface area contributed by atoms with Crippen LogP contribution in [0.4, 0.5) is 0 Å². The van der Waals surface area contributed by atoms with Crippen LogP contribution in [0.2, 0.25) is 10.0 Å². The number of benzene rings is 2. The number of Topliss-reactive ketones (excluding diaryl/α,β-unsaturated/α-hetero) is 1. The van der Waals surface area contributed by atoms with E-state index < -0.39 is 17.7 Å². The number of carbonyl (C=O) groups is 2. The first-order valence-electron chi connectivity index (χ1n) is 9.96. The molecule has 6 nitrogen and oxygen atoms in total. The Bertz CT molecular complexity index is 1060. The van der Waals surface area contributed by atoms with E-state index in [-0.39, 0.29) is 11.3 Å². The van der Waals surface area contributed by atoms with E-state index in [0.717, 1.165) is 0 Å². The first-order chi connectivity index (χ1) is 15.2. The van der Waals surface area contributed by atoms with Crippen LogP contribution in [-0.4, -0.2) is 60.4 Å². The molecule has 0 unspecified atom stereocenters. The molecule has 0 saturated carbocycles. The van der Waals surface area contributed by atoms with Crippen LogP contribution in [0.15, 0.2) is 60.7 Å². The molecule has 1 saturated heterocycles. The summed E-state index contributed by atoms with van der Waals surface area (Å²) in [5.74, 6) is -1.09. The summed E-state index contributed by atoms with van der Waals surface area (Å²) < 4.78 is 5.46. The van der Waals surface area contributed by atoms with E-state index in [4.69, 9.17) is 27.9 Å². The molecule has 1 aliphatic rings. The first kappa shape index (κ1) is 23.9. The van der Waals surface area contributed by atoms with Crippen molar-refractivity contribution in [2.75, 3.05) is 33.8 Å². The number of likely N-dealkylation sites (N-methyl/N-ethyl adjacent to an activating group) is 1. The van der Waals surface area contributed by atoms with Gasteiger partial charge in [0.15, 0.2) is 0 Å². The van der Waals surface area contributed by atoms with Crippen LogP contribution in [0, 0.1) is 0 Å². The Morgan fingerprint density at radius 2 is 1.84 bits per heavy atom. The minimum absolute atomic E-state index is 0.00639. The average Bonchev–Trinajstić information content (AvgIpc) is 3.02. The number of aliphatic hydroxyl groups excluding tert-OH is 1. The third kappa shape index (κ3) is 4.99. The maximum absolute atomic E-state index is 13.0. The number of ketones is 1. The van der Waals surface area contributed by atoms with Gasteiger partial charge in [0.25, 0.3) is 11.7 Å². The molecule has 1 amide bonds. The van der Waals surface area contributed by atoms with Crippen LogP contribution in [0.25, 0.3) is 5.76 Å². The number of rotatable bonds is 8. The van der Waals surface area contributed by atoms with Crippen molar-refractivity contribution in [3.05, 3.63) is 81.9 Å². The van der Waals surface area contributed by atoms with Gasteiger partial charge in [0, 0.05) is 18.7 Å². The zero-order chi connectivity index (χ0) is 23.4. The second-order valence-corrected chi connectivity index (χ2v) is 8.41. The Morgan fingerprint density at radius 3 is 2.44 bits per heavy atom. The summed E-state index contributed by atoms with van der Waals surface area (Å²) in [5.41, 5.74) is 0.989. The summed E-state index contributed by atoms with van der Waals surface area (Å²) >= 11 is 12.3. The van der Waals surface area contributed by atoms with Crippen molar-refractivity contribution >= 4 is 40.7 Å². The van der Waals surface area contributed by atoms with Crippen molar-refractivity contribution in [2.45, 2.75) is 6.04 Å². The Kier molecular flexibility index (Phi) is 7.61. The van der Waals surface area contributed by atoms with Gasteiger partial charge in [-0.25, -0.2) is 0 Å². The first-order valence-corrected chi connectivity index (χ1v) is 10.7. The van der Waals surface area contributed by atoms with Gasteiger partial charge in [0.1, 0.15) is 18.1 Å². The standard InChI is InChI=1S/C24H24Cl2N2O4/c1-4-13-32-17-8-5-15(6-9-17)22(29)20-21(16-7-10-18(25)19(26)14-16)28(12-11-27(2)3)24(31)23(20)30/h4-10,14,21,29H,1,11-13H2,2-3H3/t21-/m0/s1. The predicted molar refractivity (Wildman–Crippen MR) is 126 cm³/mol. The number of nitrogens with zero attached hydrogens (tertiary/aromatic N) is 2. The van der Waals surface area contributed by atoms with Gasteiger partial charge >= 0.3 is 0 Å². The Balaban J connectivity index is 2.09. The number of hydrogen-bond acceptors (Lipinski definition) is 5. The van der Waals surface area contributed by atoms with Gasteiger partial charge in [-0.1, -0.05) is 41.9 Å². The fourth-order valence-corrected chi connectivity index (χ4v) is 3.77. The van der Waals surface area contributed by atoms with E-state index in [9.17, 15) is 14.7 Å². The Hall–Kier alpha value is -2.80. The third-order valence-electron chi connectivity index (χ3n) is 5.08. The Labute approximate surface area is 197 Å². The van der Waals surface area contributed by atoms with Crippen molar-refractivity contribution in [1.29, 1.82) is 0 Å². The van der Waals surface area contributed by atoms with Gasteiger partial charge in [0.05, 0.1) is 21.7 Å². The molecule has 168 valence electrons. The molecule has 1 heterocycles. The highest BCUT2D eigenvalue weighted by Crippen LogP contribution is 2.40. The minimum atomic E-state index is -0.790. The van der Waals surface area contributed by atoms with Crippen molar-refractivity contribution in [3.8, 4) is 5.75 Å². The molecule has 8 heteroatoms. The largest absolute Gasteiger partial charge is 0.507 e. The van der Waals surface area contributed by atoms with Gasteiger partial charge in [-0.05, 0) is 56.1 Å². The highest BCUT2D eigenvalue weighted by atomic mass is 35.5. The zero-order valence-electron chi connectivity index (χ0n) is 17.8. The number of ether oxygens (including phenoxy) is 1. The number of aliphatic hydroxyl groups is 1. The Morgan fingerprint density at radius 1 is 1.16 bits per heavy atom. The highest BCUT2D eigenvalue weighted by Gasteiger charge is 2.46. The van der Waals surface area contributed by atoms with Crippen LogP contribution < -0.4 is 4.74 Å². The summed E-state index contributed by atoms with van der Waals surface area (Å²) in [7, 11) is 3.75. The number of hydrogen-bond donors (Lipinski definition) is 1. The molecule has 1 aliphatic heterocycles. The van der Waals surface area contributed by atoms with Gasteiger partial charge in [-0.3, -0.25) is 9.59 Å². The predicted octanol–water partition coefficient (Wildman–Crippen LogP) is 4.54. The minimum Gasteiger partial charge on any atom is -0.507 e. The van der Waals surface area contributed by atoms with E-state index in [2.05, 4.69) is 6.58 Å². The molecular weight excluding hydrogens is 451 g/mol. The SMILES string of the molecule is C=CCOc1ccc(C(O)=C2C(=O)C(=O)N(CCN(C)C)[C@H]2c2ccc(Cl)c(Cl)c2)cc1. The molecule has 0 aromatic heterocycles. The summed E-state index contributed by atoms with van der Waals surface area (Å²) in [6.45, 7) is 4.79. The molecule has 2 aromatic rings. The maximum atomic E-state index is 13.0. The number of carbonyl (C=O) groups excluding carboxylic acids is 2. The second-order valence-electron chi connectivity index (χ2n) is 7.59. The van der Waals surface area contributed by atoms with Gasteiger partial charge in [0.2, 0.25) is 0 Å². The molecule has 1 atom stereocenters. The third-order valence-corrected chi connectivity index (χ3v) is 5.82. The average molecular weight is 475 g/mol. The van der Waals surface area contributed by atoms with Crippen LogP contribution in [-0.2, 0) is 9.59 Å². The molecule has 0 spiro atoms. The van der Waals surface area contributed by atoms with Crippen LogP contribution in [0.5, 0.6) is 5.75 Å². The lowest BCUT2D eigenvalue weighted by molar-refractivity contribution is -0.140. The van der Waals surface area contributed by atoms with Crippen LogP contribution >= 0.6 is 23.2 Å². The summed E-state index contributed by atoms with van der Waals surface area (Å²) in [5, 5.41) is 11.7. The lowest BCUT2D eigenvalue weighted by Gasteiger charge is -2.26. The van der Waals surface area contributed by atoms with Crippen LogP contribution in [0.3, 0.4) is 0 Å².